The Kier molecular flexibility index (Phi) is 5.07. The maximum atomic E-state index is 12.4. The number of aromatic nitrogens is 3. The van der Waals surface area contributed by atoms with Crippen LogP contribution >= 0.6 is 11.3 Å². The third kappa shape index (κ3) is 4.23. The summed E-state index contributed by atoms with van der Waals surface area (Å²) in [6, 6.07) is 1.84. The topological polar surface area (TPSA) is 67.8 Å². The number of nitrogens with one attached hydrogen (secondary N) is 1. The highest BCUT2D eigenvalue weighted by molar-refractivity contribution is 7.15. The first-order chi connectivity index (χ1) is 10.4. The largest absolute Gasteiger partial charge is 0.433 e. The van der Waals surface area contributed by atoms with Crippen molar-refractivity contribution in [2.24, 2.45) is 0 Å². The van der Waals surface area contributed by atoms with Crippen LogP contribution in [0, 0.1) is 0 Å². The van der Waals surface area contributed by atoms with Crippen molar-refractivity contribution in [1.29, 1.82) is 0 Å². The molecule has 0 saturated heterocycles. The summed E-state index contributed by atoms with van der Waals surface area (Å²) in [6.07, 6.45) is -0.852. The average Bonchev–Trinajstić information content (AvgIpc) is 2.92. The van der Waals surface area contributed by atoms with Crippen LogP contribution in [0.3, 0.4) is 0 Å². The molecule has 0 aromatic carbocycles. The fourth-order valence-electron chi connectivity index (χ4n) is 1.60. The van der Waals surface area contributed by atoms with Crippen molar-refractivity contribution < 1.29 is 18.0 Å². The van der Waals surface area contributed by atoms with E-state index in [-0.39, 0.29) is 5.56 Å². The van der Waals surface area contributed by atoms with Gasteiger partial charge in [0.2, 0.25) is 5.13 Å². The molecular formula is C13H13F3N4OS. The minimum Gasteiger partial charge on any atom is -0.296 e. The summed E-state index contributed by atoms with van der Waals surface area (Å²) in [7, 11) is 0. The predicted octanol–water partition coefficient (Wildman–Crippen LogP) is 3.55. The molecule has 0 aliphatic heterocycles. The van der Waals surface area contributed by atoms with Gasteiger partial charge in [-0.25, -0.2) is 0 Å². The summed E-state index contributed by atoms with van der Waals surface area (Å²) >= 11 is 1.25. The number of amides is 1. The van der Waals surface area contributed by atoms with Crippen LogP contribution in [0.15, 0.2) is 18.3 Å². The van der Waals surface area contributed by atoms with Gasteiger partial charge in [0.1, 0.15) is 10.7 Å². The predicted molar refractivity (Wildman–Crippen MR) is 75.7 cm³/mol. The molecule has 0 aliphatic rings. The number of hydrogen-bond acceptors (Lipinski definition) is 5. The van der Waals surface area contributed by atoms with Gasteiger partial charge in [0, 0.05) is 12.6 Å². The van der Waals surface area contributed by atoms with Gasteiger partial charge in [-0.15, -0.1) is 10.2 Å². The maximum absolute atomic E-state index is 12.4. The van der Waals surface area contributed by atoms with E-state index in [4.69, 9.17) is 0 Å². The van der Waals surface area contributed by atoms with E-state index in [2.05, 4.69) is 27.4 Å². The molecule has 0 fully saturated rings. The first-order valence-electron chi connectivity index (χ1n) is 6.57. The van der Waals surface area contributed by atoms with Crippen molar-refractivity contribution in [3.05, 3.63) is 34.6 Å². The summed E-state index contributed by atoms with van der Waals surface area (Å²) in [6.45, 7) is 2.06. The Bertz CT molecular complexity index is 639. The van der Waals surface area contributed by atoms with Crippen molar-refractivity contribution >= 4 is 22.4 Å². The molecule has 0 saturated carbocycles. The zero-order chi connectivity index (χ0) is 16.2. The van der Waals surface area contributed by atoms with E-state index in [9.17, 15) is 18.0 Å². The molecule has 2 aromatic heterocycles. The molecule has 22 heavy (non-hydrogen) atoms. The zero-order valence-corrected chi connectivity index (χ0v) is 12.5. The van der Waals surface area contributed by atoms with Gasteiger partial charge in [-0.3, -0.25) is 15.1 Å². The number of alkyl halides is 3. The first-order valence-corrected chi connectivity index (χ1v) is 7.38. The lowest BCUT2D eigenvalue weighted by atomic mass is 10.2. The number of nitrogens with zero attached hydrogens (tertiary/aromatic N) is 3. The average molecular weight is 330 g/mol. The molecule has 118 valence electrons. The molecule has 0 bridgehead atoms. The van der Waals surface area contributed by atoms with Crippen molar-refractivity contribution in [1.82, 2.24) is 15.2 Å². The lowest BCUT2D eigenvalue weighted by molar-refractivity contribution is -0.141. The number of halogens is 3. The van der Waals surface area contributed by atoms with Crippen molar-refractivity contribution in [3.8, 4) is 0 Å². The Labute approximate surface area is 128 Å². The fraction of sp³-hybridized carbons (Fsp3) is 0.385. The monoisotopic (exact) mass is 330 g/mol. The fourth-order valence-corrected chi connectivity index (χ4v) is 2.37. The van der Waals surface area contributed by atoms with E-state index >= 15 is 0 Å². The van der Waals surface area contributed by atoms with Gasteiger partial charge < -0.3 is 0 Å². The molecule has 0 radical (unpaired) electrons. The SMILES string of the molecule is CCCCc1nnc(NC(=O)c2ccc(C(F)(F)F)nc2)s1. The van der Waals surface area contributed by atoms with Crippen molar-refractivity contribution in [3.63, 3.8) is 0 Å². The number of unbranched alkanes of at least 4 members (excludes halogenated alkanes) is 1. The van der Waals surface area contributed by atoms with Crippen LogP contribution in [0.2, 0.25) is 0 Å². The van der Waals surface area contributed by atoms with Crippen LogP contribution < -0.4 is 5.32 Å². The minimum atomic E-state index is -4.53. The highest BCUT2D eigenvalue weighted by atomic mass is 32.1. The van der Waals surface area contributed by atoms with Crippen LogP contribution in [0.25, 0.3) is 0 Å². The number of hydrogen-bond donors (Lipinski definition) is 1. The first kappa shape index (κ1) is 16.3. The number of rotatable bonds is 5. The standard InChI is InChI=1S/C13H13F3N4OS/c1-2-3-4-10-19-20-12(22-10)18-11(21)8-5-6-9(17-7-8)13(14,15)16/h5-7H,2-4H2,1H3,(H,18,20,21). The van der Waals surface area contributed by atoms with Crippen LogP contribution in [0.4, 0.5) is 18.3 Å². The van der Waals surface area contributed by atoms with E-state index in [1.165, 1.54) is 11.3 Å². The molecule has 5 nitrogen and oxygen atoms in total. The van der Waals surface area contributed by atoms with Crippen molar-refractivity contribution in [2.75, 3.05) is 5.32 Å². The molecular weight excluding hydrogens is 317 g/mol. The molecule has 0 atom stereocenters. The minimum absolute atomic E-state index is 0.0262. The molecule has 1 amide bonds. The van der Waals surface area contributed by atoms with Crippen molar-refractivity contribution in [2.45, 2.75) is 32.4 Å². The van der Waals surface area contributed by atoms with Crippen LogP contribution in [-0.4, -0.2) is 21.1 Å². The molecule has 1 N–H and O–H groups in total. The van der Waals surface area contributed by atoms with Gasteiger partial charge in [-0.1, -0.05) is 24.7 Å². The summed E-state index contributed by atoms with van der Waals surface area (Å²) in [5, 5.41) is 11.4. The smallest absolute Gasteiger partial charge is 0.296 e. The second-order valence-corrected chi connectivity index (χ2v) is 5.55. The van der Waals surface area contributed by atoms with Gasteiger partial charge >= 0.3 is 6.18 Å². The highest BCUT2D eigenvalue weighted by Crippen LogP contribution is 2.27. The van der Waals surface area contributed by atoms with Gasteiger partial charge in [0.15, 0.2) is 0 Å². The van der Waals surface area contributed by atoms with Crippen LogP contribution in [0.1, 0.15) is 40.8 Å². The van der Waals surface area contributed by atoms with Gasteiger partial charge in [-0.05, 0) is 18.6 Å². The second-order valence-electron chi connectivity index (χ2n) is 4.49. The summed E-state index contributed by atoms with van der Waals surface area (Å²) in [5.74, 6) is -0.570. The van der Waals surface area contributed by atoms with E-state index in [0.29, 0.717) is 5.13 Å². The highest BCUT2D eigenvalue weighted by Gasteiger charge is 2.32. The van der Waals surface area contributed by atoms with E-state index in [1.807, 2.05) is 0 Å². The normalized spacial score (nSPS) is 11.5. The molecule has 2 heterocycles. The molecule has 2 aromatic rings. The second kappa shape index (κ2) is 6.82. The Morgan fingerprint density at radius 2 is 2.09 bits per heavy atom. The number of carbonyl (C=O) groups is 1. The Hall–Kier alpha value is -2.03. The quantitative estimate of drug-likeness (QED) is 0.910. The molecule has 9 heteroatoms. The summed E-state index contributed by atoms with van der Waals surface area (Å²) < 4.78 is 37.2. The van der Waals surface area contributed by atoms with Gasteiger partial charge in [-0.2, -0.15) is 13.2 Å². The van der Waals surface area contributed by atoms with Crippen LogP contribution in [0.5, 0.6) is 0 Å². The van der Waals surface area contributed by atoms with Crippen LogP contribution in [-0.2, 0) is 12.6 Å². The van der Waals surface area contributed by atoms with Gasteiger partial charge in [0.05, 0.1) is 5.56 Å². The lowest BCUT2D eigenvalue weighted by Crippen LogP contribution is -2.14. The van der Waals surface area contributed by atoms with E-state index in [1.54, 1.807) is 0 Å². The zero-order valence-electron chi connectivity index (χ0n) is 11.6. The van der Waals surface area contributed by atoms with E-state index < -0.39 is 17.8 Å². The lowest BCUT2D eigenvalue weighted by Gasteiger charge is -2.06. The summed E-state index contributed by atoms with van der Waals surface area (Å²) in [5.41, 5.74) is -1.01. The number of carbonyl (C=O) groups excluding carboxylic acids is 1. The third-order valence-corrected chi connectivity index (χ3v) is 3.65. The summed E-state index contributed by atoms with van der Waals surface area (Å²) in [4.78, 5) is 15.1. The number of aryl methyl sites for hydroxylation is 1. The number of anilines is 1. The maximum Gasteiger partial charge on any atom is 0.433 e. The van der Waals surface area contributed by atoms with E-state index in [0.717, 1.165) is 42.6 Å². The third-order valence-electron chi connectivity index (χ3n) is 2.75. The molecule has 0 unspecified atom stereocenters. The molecule has 0 spiro atoms. The Balaban J connectivity index is 2.01. The number of pyridine rings is 1. The Morgan fingerprint density at radius 1 is 1.32 bits per heavy atom. The molecule has 0 aliphatic carbocycles. The Morgan fingerprint density at radius 3 is 2.68 bits per heavy atom. The van der Waals surface area contributed by atoms with Gasteiger partial charge in [0.25, 0.3) is 5.91 Å². The molecule has 2 rings (SSSR count).